The maximum atomic E-state index is 14.6. The molecule has 0 radical (unpaired) electrons. The van der Waals surface area contributed by atoms with Gasteiger partial charge < -0.3 is 0 Å². The van der Waals surface area contributed by atoms with Gasteiger partial charge in [-0.05, 0) is 36.4 Å². The van der Waals surface area contributed by atoms with E-state index in [0.29, 0.717) is 16.1 Å². The number of sulfonamides is 1. The summed E-state index contributed by atoms with van der Waals surface area (Å²) in [6.07, 6.45) is 2.76. The van der Waals surface area contributed by atoms with E-state index in [2.05, 4.69) is 25.9 Å². The van der Waals surface area contributed by atoms with E-state index in [9.17, 15) is 21.6 Å². The monoisotopic (exact) mass is 521 g/mol. The van der Waals surface area contributed by atoms with Crippen molar-refractivity contribution in [3.8, 4) is 0 Å². The van der Waals surface area contributed by atoms with Crippen LogP contribution in [0.3, 0.4) is 0 Å². The molecule has 0 aliphatic carbocycles. The van der Waals surface area contributed by atoms with E-state index in [1.165, 1.54) is 36.7 Å². The highest BCUT2D eigenvalue weighted by Crippen LogP contribution is 2.37. The van der Waals surface area contributed by atoms with Crippen LogP contribution < -0.4 is 4.31 Å². The molecule has 0 spiro atoms. The Morgan fingerprint density at radius 1 is 0.969 bits per heavy atom. The highest BCUT2D eigenvalue weighted by atomic mass is 79.9. The number of halogens is 4. The molecule has 0 aliphatic rings. The molecule has 0 N–H and O–H groups in total. The number of rotatable bonds is 6. The van der Waals surface area contributed by atoms with Gasteiger partial charge in [0.05, 0.1) is 11.2 Å². The molecule has 3 aromatic carbocycles. The van der Waals surface area contributed by atoms with Crippen molar-refractivity contribution < 1.29 is 21.6 Å². The number of para-hydroxylation sites is 1. The van der Waals surface area contributed by atoms with Crippen molar-refractivity contribution in [1.82, 2.24) is 9.97 Å². The zero-order chi connectivity index (χ0) is 22.9. The van der Waals surface area contributed by atoms with Crippen molar-refractivity contribution in [2.24, 2.45) is 0 Å². The molecular weight excluding hydrogens is 507 g/mol. The van der Waals surface area contributed by atoms with E-state index < -0.39 is 34.4 Å². The predicted molar refractivity (Wildman–Crippen MR) is 118 cm³/mol. The third-order valence-corrected chi connectivity index (χ3v) is 7.17. The number of nitrogens with zero attached hydrogens (tertiary/aromatic N) is 3. The Kier molecular flexibility index (Phi) is 6.16. The number of benzene rings is 3. The Hall–Kier alpha value is -2.98. The first kappa shape index (κ1) is 22.2. The van der Waals surface area contributed by atoms with Gasteiger partial charge in [-0.2, -0.15) is 0 Å². The second-order valence-electron chi connectivity index (χ2n) is 6.80. The molecule has 0 aliphatic heterocycles. The fraction of sp³-hybridized carbons (Fsp3) is 0.0909. The minimum atomic E-state index is -4.47. The van der Waals surface area contributed by atoms with Crippen LogP contribution in [-0.2, 0) is 10.0 Å². The number of aromatic nitrogens is 2. The lowest BCUT2D eigenvalue weighted by molar-refractivity contribution is 0.423. The zero-order valence-electron chi connectivity index (χ0n) is 16.3. The van der Waals surface area contributed by atoms with Crippen molar-refractivity contribution >= 4 is 42.7 Å². The third kappa shape index (κ3) is 4.07. The van der Waals surface area contributed by atoms with Crippen LogP contribution in [0.1, 0.15) is 11.6 Å². The number of fused-ring (bicyclic) bond motifs is 1. The van der Waals surface area contributed by atoms with Gasteiger partial charge in [0.15, 0.2) is 0 Å². The highest BCUT2D eigenvalue weighted by molar-refractivity contribution is 9.10. The molecule has 0 saturated heterocycles. The third-order valence-electron chi connectivity index (χ3n) is 4.81. The summed E-state index contributed by atoms with van der Waals surface area (Å²) in [6, 6.07) is 11.6. The van der Waals surface area contributed by atoms with Gasteiger partial charge in [-0.3, -0.25) is 14.3 Å². The summed E-state index contributed by atoms with van der Waals surface area (Å²) in [5.41, 5.74) is 0.204. The van der Waals surface area contributed by atoms with Crippen LogP contribution in [-0.4, -0.2) is 25.1 Å². The quantitative estimate of drug-likeness (QED) is 0.332. The smallest absolute Gasteiger partial charge is 0.256 e. The summed E-state index contributed by atoms with van der Waals surface area (Å²) in [7, 11) is -4.47. The van der Waals surface area contributed by atoms with Crippen LogP contribution in [0.15, 0.2) is 82.4 Å². The van der Waals surface area contributed by atoms with Crippen molar-refractivity contribution in [1.29, 1.82) is 0 Å². The fourth-order valence-corrected chi connectivity index (χ4v) is 5.57. The zero-order valence-corrected chi connectivity index (χ0v) is 18.7. The molecule has 10 heteroatoms. The highest BCUT2D eigenvalue weighted by Gasteiger charge is 2.36. The van der Waals surface area contributed by atoms with Crippen LogP contribution >= 0.6 is 15.9 Å². The van der Waals surface area contributed by atoms with Gasteiger partial charge >= 0.3 is 0 Å². The summed E-state index contributed by atoms with van der Waals surface area (Å²) in [5, 5.41) is 0. The molecule has 1 heterocycles. The Labute approximate surface area is 190 Å². The maximum Gasteiger partial charge on any atom is 0.267 e. The van der Waals surface area contributed by atoms with Gasteiger partial charge in [-0.15, -0.1) is 0 Å². The van der Waals surface area contributed by atoms with Gasteiger partial charge in [-0.1, -0.05) is 34.1 Å². The molecule has 4 aromatic rings. The lowest BCUT2D eigenvalue weighted by atomic mass is 10.1. The van der Waals surface area contributed by atoms with Crippen LogP contribution in [0.2, 0.25) is 0 Å². The molecule has 1 aromatic heterocycles. The second-order valence-corrected chi connectivity index (χ2v) is 9.50. The summed E-state index contributed by atoms with van der Waals surface area (Å²) in [4.78, 5) is 8.03. The normalized spacial score (nSPS) is 12.6. The van der Waals surface area contributed by atoms with Crippen LogP contribution in [0.25, 0.3) is 11.0 Å². The van der Waals surface area contributed by atoms with Gasteiger partial charge in [0, 0.05) is 28.5 Å². The maximum absolute atomic E-state index is 14.6. The summed E-state index contributed by atoms with van der Waals surface area (Å²) in [6.45, 7) is -1.26. The fourth-order valence-electron chi connectivity index (χ4n) is 3.42. The number of hydrogen-bond acceptors (Lipinski definition) is 4. The molecular formula is C22H15BrF3N3O2S. The first-order valence-electron chi connectivity index (χ1n) is 9.33. The summed E-state index contributed by atoms with van der Waals surface area (Å²) >= 11 is 3.28. The minimum Gasteiger partial charge on any atom is -0.256 e. The number of hydrogen-bond donors (Lipinski definition) is 0. The van der Waals surface area contributed by atoms with E-state index in [1.54, 1.807) is 18.2 Å². The molecule has 0 bridgehead atoms. The summed E-state index contributed by atoms with van der Waals surface area (Å²) in [5.74, 6) is -1.91. The average molecular weight is 522 g/mol. The largest absolute Gasteiger partial charge is 0.267 e. The average Bonchev–Trinajstić information content (AvgIpc) is 2.77. The van der Waals surface area contributed by atoms with Crippen LogP contribution in [0.4, 0.5) is 18.9 Å². The number of alkyl halides is 1. The van der Waals surface area contributed by atoms with E-state index in [4.69, 9.17) is 0 Å². The molecule has 4 rings (SSSR count). The molecule has 5 nitrogen and oxygen atoms in total. The molecule has 0 amide bonds. The van der Waals surface area contributed by atoms with Crippen molar-refractivity contribution in [3.63, 3.8) is 0 Å². The van der Waals surface area contributed by atoms with E-state index in [1.807, 2.05) is 0 Å². The van der Waals surface area contributed by atoms with Gasteiger partial charge in [0.2, 0.25) is 0 Å². The van der Waals surface area contributed by atoms with E-state index >= 15 is 0 Å². The van der Waals surface area contributed by atoms with Crippen molar-refractivity contribution in [2.75, 3.05) is 11.0 Å². The minimum absolute atomic E-state index is 0.0895. The van der Waals surface area contributed by atoms with Crippen LogP contribution in [0, 0.1) is 11.6 Å². The molecule has 1 atom stereocenters. The van der Waals surface area contributed by atoms with Gasteiger partial charge in [0.1, 0.15) is 34.8 Å². The molecule has 32 heavy (non-hydrogen) atoms. The number of anilines is 1. The molecule has 0 saturated carbocycles. The topological polar surface area (TPSA) is 63.2 Å². The first-order chi connectivity index (χ1) is 15.3. The van der Waals surface area contributed by atoms with Gasteiger partial charge in [0.25, 0.3) is 10.0 Å². The molecule has 0 fully saturated rings. The lowest BCUT2D eigenvalue weighted by Crippen LogP contribution is -2.37. The Balaban J connectivity index is 1.99. The first-order valence-corrected chi connectivity index (χ1v) is 11.6. The van der Waals surface area contributed by atoms with Gasteiger partial charge in [-0.25, -0.2) is 21.6 Å². The second kappa shape index (κ2) is 8.87. The van der Waals surface area contributed by atoms with Crippen molar-refractivity contribution in [2.45, 2.75) is 10.9 Å². The molecule has 1 unspecified atom stereocenters. The Morgan fingerprint density at radius 3 is 2.44 bits per heavy atom. The predicted octanol–water partition coefficient (Wildman–Crippen LogP) is 5.58. The Morgan fingerprint density at radius 2 is 1.72 bits per heavy atom. The van der Waals surface area contributed by atoms with E-state index in [0.717, 1.165) is 16.4 Å². The van der Waals surface area contributed by atoms with Crippen LogP contribution in [0.5, 0.6) is 0 Å². The lowest BCUT2D eigenvalue weighted by Gasteiger charge is -2.32. The van der Waals surface area contributed by atoms with E-state index in [-0.39, 0.29) is 21.7 Å². The Bertz CT molecular complexity index is 1400. The standard InChI is InChI=1S/C22H15BrF3N3O2S/c23-14-3-1-4-16(11-14)29(20(13-24)17-8-7-15(25)12-18(17)26)32(30,31)21-6-2-5-19-22(21)28-10-9-27-19/h1-12,20H,13H2. The molecule has 164 valence electrons. The SMILES string of the molecule is O=S(=O)(c1cccc2nccnc12)N(c1cccc(Br)c1)C(CF)c1ccc(F)cc1F. The summed E-state index contributed by atoms with van der Waals surface area (Å²) < 4.78 is 71.6. The van der Waals surface area contributed by atoms with Crippen molar-refractivity contribution in [3.05, 3.63) is 94.7 Å².